The molecule has 1 aromatic rings. The highest BCUT2D eigenvalue weighted by molar-refractivity contribution is 6.33. The van der Waals surface area contributed by atoms with Crippen LogP contribution in [0.5, 0.6) is 0 Å². The minimum atomic E-state index is 0.0489. The number of carbonyl (C=O) groups excluding carboxylic acids is 1. The molecular formula is C15H18Cl2N2O. The van der Waals surface area contributed by atoms with E-state index in [9.17, 15) is 4.79 Å². The second-order valence-corrected chi connectivity index (χ2v) is 6.53. The number of nitrogens with zero attached hydrogens (tertiary/aromatic N) is 2. The van der Waals surface area contributed by atoms with E-state index in [0.717, 1.165) is 19.4 Å². The Hall–Kier alpha value is -0.800. The molecular weight excluding hydrogens is 295 g/mol. The van der Waals surface area contributed by atoms with Crippen LogP contribution >= 0.6 is 23.2 Å². The Bertz CT molecular complexity index is 498. The molecule has 1 aromatic heterocycles. The number of halogens is 2. The van der Waals surface area contributed by atoms with Crippen molar-refractivity contribution in [3.05, 3.63) is 28.0 Å². The van der Waals surface area contributed by atoms with Crippen LogP contribution < -0.4 is 0 Å². The summed E-state index contributed by atoms with van der Waals surface area (Å²) in [5, 5.41) is 0.552. The van der Waals surface area contributed by atoms with Crippen molar-refractivity contribution in [2.45, 2.75) is 44.6 Å². The van der Waals surface area contributed by atoms with Gasteiger partial charge in [-0.3, -0.25) is 4.79 Å². The quantitative estimate of drug-likeness (QED) is 0.729. The normalized spacial score (nSPS) is 26.2. The summed E-state index contributed by atoms with van der Waals surface area (Å²) in [4.78, 5) is 18.7. The zero-order chi connectivity index (χ0) is 14.1. The van der Waals surface area contributed by atoms with Gasteiger partial charge in [-0.15, -0.1) is 0 Å². The fraction of sp³-hybridized carbons (Fsp3) is 0.600. The zero-order valence-corrected chi connectivity index (χ0v) is 12.8. The van der Waals surface area contributed by atoms with Crippen LogP contribution in [0.2, 0.25) is 10.3 Å². The Kier molecular flexibility index (Phi) is 4.18. The molecule has 2 aliphatic rings. The number of likely N-dealkylation sites (tertiary alicyclic amines) is 1. The van der Waals surface area contributed by atoms with Crippen LogP contribution in [-0.4, -0.2) is 28.4 Å². The average Bonchev–Trinajstić information content (AvgIpc) is 2.45. The first-order valence-electron chi connectivity index (χ1n) is 7.29. The number of pyridine rings is 1. The summed E-state index contributed by atoms with van der Waals surface area (Å²) in [6.07, 6.45) is 7.26. The lowest BCUT2D eigenvalue weighted by Crippen LogP contribution is -2.49. The van der Waals surface area contributed by atoms with Gasteiger partial charge >= 0.3 is 0 Å². The highest BCUT2D eigenvalue weighted by Gasteiger charge is 2.36. The molecule has 3 rings (SSSR count). The summed E-state index contributed by atoms with van der Waals surface area (Å²) in [5.41, 5.74) is 0.557. The van der Waals surface area contributed by atoms with Crippen LogP contribution in [-0.2, 0) is 0 Å². The number of hydrogen-bond donors (Lipinski definition) is 0. The molecule has 108 valence electrons. The number of amides is 1. The molecule has 3 nitrogen and oxygen atoms in total. The van der Waals surface area contributed by atoms with Crippen LogP contribution in [0.4, 0.5) is 0 Å². The van der Waals surface area contributed by atoms with Gasteiger partial charge in [0.05, 0.1) is 0 Å². The van der Waals surface area contributed by atoms with E-state index in [1.165, 1.54) is 25.7 Å². The maximum absolute atomic E-state index is 12.7. The molecule has 2 fully saturated rings. The molecule has 1 amide bonds. The average molecular weight is 313 g/mol. The van der Waals surface area contributed by atoms with Gasteiger partial charge in [0.1, 0.15) is 10.3 Å². The van der Waals surface area contributed by atoms with E-state index < -0.39 is 0 Å². The monoisotopic (exact) mass is 312 g/mol. The van der Waals surface area contributed by atoms with Crippen LogP contribution in [0.15, 0.2) is 12.1 Å². The molecule has 1 saturated carbocycles. The molecule has 2 atom stereocenters. The second kappa shape index (κ2) is 5.90. The molecule has 0 bridgehead atoms. The van der Waals surface area contributed by atoms with E-state index in [1.54, 1.807) is 12.1 Å². The Morgan fingerprint density at radius 1 is 1.10 bits per heavy atom. The van der Waals surface area contributed by atoms with Gasteiger partial charge in [-0.1, -0.05) is 36.0 Å². The fourth-order valence-corrected chi connectivity index (χ4v) is 4.09. The van der Waals surface area contributed by atoms with Crippen LogP contribution in [0.1, 0.15) is 48.9 Å². The Labute approximate surface area is 129 Å². The third-order valence-corrected chi connectivity index (χ3v) is 4.90. The van der Waals surface area contributed by atoms with E-state index in [-0.39, 0.29) is 16.2 Å². The van der Waals surface area contributed by atoms with Crippen molar-refractivity contribution in [3.63, 3.8) is 0 Å². The van der Waals surface area contributed by atoms with Crippen molar-refractivity contribution in [1.82, 2.24) is 9.88 Å². The molecule has 0 spiro atoms. The van der Waals surface area contributed by atoms with Gasteiger partial charge in [-0.05, 0) is 43.7 Å². The number of hydrogen-bond acceptors (Lipinski definition) is 2. The van der Waals surface area contributed by atoms with Gasteiger partial charge in [0.2, 0.25) is 0 Å². The van der Waals surface area contributed by atoms with E-state index in [1.807, 2.05) is 4.90 Å². The lowest BCUT2D eigenvalue weighted by molar-refractivity contribution is 0.0390. The van der Waals surface area contributed by atoms with Crippen molar-refractivity contribution >= 4 is 29.1 Å². The maximum atomic E-state index is 12.7. The topological polar surface area (TPSA) is 33.2 Å². The molecule has 0 unspecified atom stereocenters. The summed E-state index contributed by atoms with van der Waals surface area (Å²) in [6.45, 7) is 0.845. The number of aromatic nitrogens is 1. The summed E-state index contributed by atoms with van der Waals surface area (Å²) in [5.74, 6) is 0.724. The molecule has 1 aliphatic heterocycles. The van der Waals surface area contributed by atoms with Crippen molar-refractivity contribution < 1.29 is 4.79 Å². The maximum Gasteiger partial charge on any atom is 0.254 e. The molecule has 1 saturated heterocycles. The minimum Gasteiger partial charge on any atom is -0.335 e. The van der Waals surface area contributed by atoms with Gasteiger partial charge in [-0.25, -0.2) is 4.98 Å². The highest BCUT2D eigenvalue weighted by Crippen LogP contribution is 2.36. The highest BCUT2D eigenvalue weighted by atomic mass is 35.5. The first kappa shape index (κ1) is 14.2. The van der Waals surface area contributed by atoms with Crippen LogP contribution in [0.25, 0.3) is 0 Å². The predicted octanol–water partition coefficient (Wildman–Crippen LogP) is 4.18. The SMILES string of the molecule is O=C(c1cc(Cl)nc(Cl)c1)N1CCC[C@H]2CCCC[C@H]21. The van der Waals surface area contributed by atoms with Crippen molar-refractivity contribution in [3.8, 4) is 0 Å². The van der Waals surface area contributed by atoms with Gasteiger partial charge < -0.3 is 4.90 Å². The van der Waals surface area contributed by atoms with E-state index in [2.05, 4.69) is 4.98 Å². The van der Waals surface area contributed by atoms with Gasteiger partial charge in [0.15, 0.2) is 0 Å². The number of fused-ring (bicyclic) bond motifs is 1. The molecule has 0 N–H and O–H groups in total. The molecule has 5 heteroatoms. The van der Waals surface area contributed by atoms with Crippen molar-refractivity contribution in [2.24, 2.45) is 5.92 Å². The molecule has 0 radical (unpaired) electrons. The molecule has 1 aliphatic carbocycles. The van der Waals surface area contributed by atoms with E-state index in [4.69, 9.17) is 23.2 Å². The second-order valence-electron chi connectivity index (χ2n) is 5.75. The summed E-state index contributed by atoms with van der Waals surface area (Å²) < 4.78 is 0. The number of piperidine rings is 1. The molecule has 20 heavy (non-hydrogen) atoms. The fourth-order valence-electron chi connectivity index (χ4n) is 3.63. The summed E-state index contributed by atoms with van der Waals surface area (Å²) >= 11 is 11.8. The van der Waals surface area contributed by atoms with Gasteiger partial charge in [0.25, 0.3) is 5.91 Å². The van der Waals surface area contributed by atoms with Gasteiger partial charge in [0, 0.05) is 18.2 Å². The predicted molar refractivity (Wildman–Crippen MR) is 80.3 cm³/mol. The Balaban J connectivity index is 1.84. The first-order chi connectivity index (χ1) is 9.65. The number of rotatable bonds is 1. The van der Waals surface area contributed by atoms with Crippen LogP contribution in [0.3, 0.4) is 0 Å². The van der Waals surface area contributed by atoms with Crippen molar-refractivity contribution in [1.29, 1.82) is 0 Å². The Morgan fingerprint density at radius 2 is 1.75 bits per heavy atom. The zero-order valence-electron chi connectivity index (χ0n) is 11.3. The van der Waals surface area contributed by atoms with E-state index in [0.29, 0.717) is 17.5 Å². The summed E-state index contributed by atoms with van der Waals surface area (Å²) in [6, 6.07) is 3.63. The van der Waals surface area contributed by atoms with Crippen molar-refractivity contribution in [2.75, 3.05) is 6.54 Å². The van der Waals surface area contributed by atoms with Crippen LogP contribution in [0, 0.1) is 5.92 Å². The minimum absolute atomic E-state index is 0.0489. The first-order valence-corrected chi connectivity index (χ1v) is 8.05. The largest absolute Gasteiger partial charge is 0.335 e. The third-order valence-electron chi connectivity index (χ3n) is 4.51. The third kappa shape index (κ3) is 2.79. The standard InChI is InChI=1S/C15H18Cl2N2O/c16-13-8-11(9-14(17)18-13)15(20)19-7-3-5-10-4-1-2-6-12(10)19/h8-10,12H,1-7H2/t10-,12-/m1/s1. The molecule has 0 aromatic carbocycles. The lowest BCUT2D eigenvalue weighted by atomic mass is 9.78. The van der Waals surface area contributed by atoms with Gasteiger partial charge in [-0.2, -0.15) is 0 Å². The lowest BCUT2D eigenvalue weighted by Gasteiger charge is -2.44. The molecule has 2 heterocycles. The summed E-state index contributed by atoms with van der Waals surface area (Å²) in [7, 11) is 0. The van der Waals surface area contributed by atoms with E-state index >= 15 is 0 Å². The smallest absolute Gasteiger partial charge is 0.254 e. The number of carbonyl (C=O) groups is 1. The Morgan fingerprint density at radius 3 is 2.50 bits per heavy atom.